The first kappa shape index (κ1) is 28.8. The summed E-state index contributed by atoms with van der Waals surface area (Å²) in [6.07, 6.45) is 3.66. The van der Waals surface area contributed by atoms with Crippen LogP contribution in [0.1, 0.15) is 44.6 Å². The second-order valence-electron chi connectivity index (χ2n) is 10.5. The molecule has 2 aromatic heterocycles. The van der Waals surface area contributed by atoms with Gasteiger partial charge in [0.15, 0.2) is 5.82 Å². The monoisotopic (exact) mass is 595 g/mol. The van der Waals surface area contributed by atoms with Crippen LogP contribution in [0, 0.1) is 5.82 Å². The van der Waals surface area contributed by atoms with Gasteiger partial charge in [-0.3, -0.25) is 9.59 Å². The van der Waals surface area contributed by atoms with Gasteiger partial charge in [-0.15, -0.1) is 0 Å². The predicted molar refractivity (Wildman–Crippen MR) is 162 cm³/mol. The van der Waals surface area contributed by atoms with Crippen LogP contribution in [0.3, 0.4) is 0 Å². The molecule has 0 saturated carbocycles. The molecule has 1 saturated heterocycles. The summed E-state index contributed by atoms with van der Waals surface area (Å²) in [5, 5.41) is 6.95. The van der Waals surface area contributed by atoms with E-state index in [1.807, 2.05) is 25.1 Å². The number of benzene rings is 3. The number of nitrogens with one attached hydrogen (secondary N) is 2. The van der Waals surface area contributed by atoms with E-state index in [9.17, 15) is 14.0 Å². The Kier molecular flexibility index (Phi) is 7.71. The van der Waals surface area contributed by atoms with Crippen molar-refractivity contribution < 1.29 is 27.9 Å². The average molecular weight is 596 g/mol. The van der Waals surface area contributed by atoms with Crippen LogP contribution in [-0.2, 0) is 16.7 Å². The van der Waals surface area contributed by atoms with Gasteiger partial charge in [-0.1, -0.05) is 6.07 Å². The number of carbonyl (C=O) groups excluding carboxylic acids is 2. The quantitative estimate of drug-likeness (QED) is 0.209. The maximum atomic E-state index is 13.6. The van der Waals surface area contributed by atoms with Gasteiger partial charge in [0.25, 0.3) is 11.8 Å². The average Bonchev–Trinajstić information content (AvgIpc) is 3.38. The summed E-state index contributed by atoms with van der Waals surface area (Å²) in [7, 11) is 1.51. The molecule has 3 aromatic carbocycles. The summed E-state index contributed by atoms with van der Waals surface area (Å²) in [4.78, 5) is 34.9. The molecule has 1 aliphatic heterocycles. The lowest BCUT2D eigenvalue weighted by Crippen LogP contribution is -2.60. The Hall–Kier alpha value is -5.29. The molecular weight excluding hydrogens is 565 g/mol. The number of rotatable bonds is 10. The number of anilines is 1. The highest BCUT2D eigenvalue weighted by Crippen LogP contribution is 2.37. The van der Waals surface area contributed by atoms with Crippen molar-refractivity contribution >= 4 is 28.5 Å². The van der Waals surface area contributed by atoms with Crippen LogP contribution in [0.25, 0.3) is 22.3 Å². The first-order valence-corrected chi connectivity index (χ1v) is 14.1. The largest absolute Gasteiger partial charge is 0.496 e. The standard InChI is InChI=1S/C33H30FN5O5/c1-3-36-25-16-27-23(28(30(35)40)29(44-27)20-6-8-22(34)9-7-20)15-21(25)13-19-5-10-26(42-2)24(14-19)31(41)39-33(17-43-18-33)32-37-11-4-12-38-32/h4-12,14-16,36H,3,13,17-18H2,1-2H3,(H2,35,40)(H,39,41). The van der Waals surface area contributed by atoms with E-state index in [-0.39, 0.29) is 30.4 Å². The Morgan fingerprint density at radius 2 is 1.82 bits per heavy atom. The highest BCUT2D eigenvalue weighted by Gasteiger charge is 2.45. The molecule has 0 radical (unpaired) electrons. The van der Waals surface area contributed by atoms with Crippen LogP contribution in [0.2, 0.25) is 0 Å². The van der Waals surface area contributed by atoms with Gasteiger partial charge in [0.2, 0.25) is 0 Å². The van der Waals surface area contributed by atoms with Crippen molar-refractivity contribution in [1.29, 1.82) is 0 Å². The smallest absolute Gasteiger partial charge is 0.255 e. The van der Waals surface area contributed by atoms with Crippen LogP contribution >= 0.6 is 0 Å². The van der Waals surface area contributed by atoms with Gasteiger partial charge in [0, 0.05) is 41.6 Å². The van der Waals surface area contributed by atoms with E-state index in [1.54, 1.807) is 42.7 Å². The van der Waals surface area contributed by atoms with E-state index in [0.717, 1.165) is 16.8 Å². The van der Waals surface area contributed by atoms with Gasteiger partial charge in [-0.2, -0.15) is 0 Å². The van der Waals surface area contributed by atoms with Crippen molar-refractivity contribution in [1.82, 2.24) is 15.3 Å². The van der Waals surface area contributed by atoms with E-state index in [1.165, 1.54) is 19.2 Å². The van der Waals surface area contributed by atoms with Crippen LogP contribution in [0.4, 0.5) is 10.1 Å². The molecule has 224 valence electrons. The number of aromatic nitrogens is 2. The Labute approximate surface area is 252 Å². The summed E-state index contributed by atoms with van der Waals surface area (Å²) < 4.78 is 30.7. The van der Waals surface area contributed by atoms with E-state index in [4.69, 9.17) is 19.6 Å². The van der Waals surface area contributed by atoms with Crippen molar-refractivity contribution in [3.8, 4) is 17.1 Å². The molecular formula is C33H30FN5O5. The molecule has 0 bridgehead atoms. The zero-order chi connectivity index (χ0) is 30.8. The number of ether oxygens (including phenoxy) is 2. The number of carbonyl (C=O) groups is 2. The number of fused-ring (bicyclic) bond motifs is 1. The number of halogens is 1. The van der Waals surface area contributed by atoms with E-state index in [0.29, 0.717) is 46.6 Å². The number of furan rings is 1. The topological polar surface area (TPSA) is 142 Å². The van der Waals surface area contributed by atoms with Gasteiger partial charge >= 0.3 is 0 Å². The fourth-order valence-electron chi connectivity index (χ4n) is 5.39. The molecule has 0 unspecified atom stereocenters. The summed E-state index contributed by atoms with van der Waals surface area (Å²) >= 11 is 0. The van der Waals surface area contributed by atoms with Gasteiger partial charge in [-0.05, 0) is 73.0 Å². The molecule has 4 N–H and O–H groups in total. The highest BCUT2D eigenvalue weighted by molar-refractivity contribution is 6.11. The van der Waals surface area contributed by atoms with Gasteiger partial charge in [0.05, 0.1) is 31.5 Å². The van der Waals surface area contributed by atoms with Crippen molar-refractivity contribution in [3.05, 3.63) is 107 Å². The number of nitrogens with two attached hydrogens (primary N) is 1. The lowest BCUT2D eigenvalue weighted by molar-refractivity contribution is -0.0778. The number of nitrogens with zero attached hydrogens (tertiary/aromatic N) is 2. The van der Waals surface area contributed by atoms with E-state index < -0.39 is 17.3 Å². The SMILES string of the molecule is CCNc1cc2oc(-c3ccc(F)cc3)c(C(N)=O)c2cc1Cc1ccc(OC)c(C(=O)NC2(c3ncccn3)COC2)c1. The number of methoxy groups -OCH3 is 1. The second kappa shape index (κ2) is 11.8. The molecule has 6 rings (SSSR count). The zero-order valence-corrected chi connectivity index (χ0v) is 24.1. The molecule has 10 nitrogen and oxygen atoms in total. The maximum absolute atomic E-state index is 13.6. The minimum Gasteiger partial charge on any atom is -0.496 e. The molecule has 0 aliphatic carbocycles. The molecule has 0 spiro atoms. The first-order chi connectivity index (χ1) is 21.3. The molecule has 1 aliphatic rings. The van der Waals surface area contributed by atoms with Gasteiger partial charge in [0.1, 0.15) is 28.4 Å². The minimum atomic E-state index is -0.836. The van der Waals surface area contributed by atoms with E-state index in [2.05, 4.69) is 20.6 Å². The zero-order valence-electron chi connectivity index (χ0n) is 24.1. The number of amides is 2. The molecule has 3 heterocycles. The molecule has 0 atom stereocenters. The lowest BCUT2D eigenvalue weighted by atomic mass is 9.94. The summed E-state index contributed by atoms with van der Waals surface area (Å²) in [6, 6.07) is 16.5. The fraction of sp³-hybridized carbons (Fsp3) is 0.212. The highest BCUT2D eigenvalue weighted by atomic mass is 19.1. The summed E-state index contributed by atoms with van der Waals surface area (Å²) in [5.41, 5.74) is 9.01. The number of hydrogen-bond acceptors (Lipinski definition) is 8. The minimum absolute atomic E-state index is 0.210. The molecule has 44 heavy (non-hydrogen) atoms. The van der Waals surface area contributed by atoms with Gasteiger partial charge in [-0.25, -0.2) is 14.4 Å². The van der Waals surface area contributed by atoms with Crippen LogP contribution in [-0.4, -0.2) is 48.7 Å². The van der Waals surface area contributed by atoms with Crippen LogP contribution in [0.15, 0.2) is 77.5 Å². The Morgan fingerprint density at radius 3 is 2.45 bits per heavy atom. The Morgan fingerprint density at radius 1 is 1.07 bits per heavy atom. The lowest BCUT2D eigenvalue weighted by Gasteiger charge is -2.40. The second-order valence-corrected chi connectivity index (χ2v) is 10.5. The normalized spacial score (nSPS) is 13.7. The van der Waals surface area contributed by atoms with Crippen molar-refractivity contribution in [2.75, 3.05) is 32.2 Å². The van der Waals surface area contributed by atoms with Crippen molar-refractivity contribution in [2.45, 2.75) is 18.9 Å². The van der Waals surface area contributed by atoms with Crippen molar-refractivity contribution in [3.63, 3.8) is 0 Å². The maximum Gasteiger partial charge on any atom is 0.255 e. The van der Waals surface area contributed by atoms with Crippen LogP contribution in [0.5, 0.6) is 5.75 Å². The summed E-state index contributed by atoms with van der Waals surface area (Å²) in [5.74, 6) is -0.260. The predicted octanol–water partition coefficient (Wildman–Crippen LogP) is 4.81. The van der Waals surface area contributed by atoms with Crippen molar-refractivity contribution in [2.24, 2.45) is 5.73 Å². The Bertz CT molecular complexity index is 1850. The number of primary amides is 1. The molecule has 1 fully saturated rings. The molecule has 2 amide bonds. The van der Waals surface area contributed by atoms with Crippen LogP contribution < -0.4 is 21.1 Å². The summed E-state index contributed by atoms with van der Waals surface area (Å²) in [6.45, 7) is 3.11. The number of hydrogen-bond donors (Lipinski definition) is 3. The third kappa shape index (κ3) is 5.33. The first-order valence-electron chi connectivity index (χ1n) is 14.1. The van der Waals surface area contributed by atoms with Gasteiger partial charge < -0.3 is 30.3 Å². The van der Waals surface area contributed by atoms with E-state index >= 15 is 0 Å². The Balaban J connectivity index is 1.37. The third-order valence-corrected chi connectivity index (χ3v) is 7.58. The molecule has 5 aromatic rings. The fourth-order valence-corrected chi connectivity index (χ4v) is 5.39. The molecule has 11 heteroatoms. The third-order valence-electron chi connectivity index (χ3n) is 7.58.